The number of fused-ring (bicyclic) bond motifs is 2. The Balaban J connectivity index is 1.88. The first kappa shape index (κ1) is 13.9. The summed E-state index contributed by atoms with van der Waals surface area (Å²) in [4.78, 5) is 14.7. The van der Waals surface area contributed by atoms with Gasteiger partial charge in [-0.1, -0.05) is 11.6 Å². The van der Waals surface area contributed by atoms with Crippen LogP contribution in [-0.4, -0.2) is 41.7 Å². The summed E-state index contributed by atoms with van der Waals surface area (Å²) in [7, 11) is 0. The summed E-state index contributed by atoms with van der Waals surface area (Å²) in [5, 5.41) is 12.9. The van der Waals surface area contributed by atoms with Crippen molar-refractivity contribution in [2.75, 3.05) is 25.0 Å². The molecule has 1 fully saturated rings. The SMILES string of the molecule is C[C@@H](CO)N1CCC2(CC1)C(=O)Nc1ccc(Cl)cc12. The molecular formula is C15H19ClN2O2. The van der Waals surface area contributed by atoms with Crippen molar-refractivity contribution >= 4 is 23.2 Å². The minimum Gasteiger partial charge on any atom is -0.395 e. The number of hydrogen-bond donors (Lipinski definition) is 2. The maximum absolute atomic E-state index is 12.4. The van der Waals surface area contributed by atoms with Crippen molar-refractivity contribution in [1.29, 1.82) is 0 Å². The largest absolute Gasteiger partial charge is 0.395 e. The number of carbonyl (C=O) groups excluding carboxylic acids is 1. The average Bonchev–Trinajstić information content (AvgIpc) is 2.72. The van der Waals surface area contributed by atoms with Crippen LogP contribution in [0.15, 0.2) is 18.2 Å². The summed E-state index contributed by atoms with van der Waals surface area (Å²) in [6.45, 7) is 3.81. The predicted molar refractivity (Wildman–Crippen MR) is 79.1 cm³/mol. The van der Waals surface area contributed by atoms with Crippen molar-refractivity contribution in [1.82, 2.24) is 4.90 Å². The third-order valence-electron chi connectivity index (χ3n) is 4.72. The van der Waals surface area contributed by atoms with Gasteiger partial charge in [-0.25, -0.2) is 0 Å². The Morgan fingerprint density at radius 2 is 2.15 bits per heavy atom. The number of benzene rings is 1. The van der Waals surface area contributed by atoms with Crippen molar-refractivity contribution in [3.05, 3.63) is 28.8 Å². The van der Waals surface area contributed by atoms with E-state index in [1.165, 1.54) is 0 Å². The number of carbonyl (C=O) groups is 1. The zero-order chi connectivity index (χ0) is 14.3. The molecule has 0 saturated carbocycles. The average molecular weight is 295 g/mol. The molecule has 0 bridgehead atoms. The molecule has 108 valence electrons. The number of aliphatic hydroxyl groups excluding tert-OH is 1. The van der Waals surface area contributed by atoms with E-state index < -0.39 is 5.41 Å². The van der Waals surface area contributed by atoms with E-state index in [9.17, 15) is 9.90 Å². The first-order chi connectivity index (χ1) is 9.56. The number of amides is 1. The molecule has 4 nitrogen and oxygen atoms in total. The van der Waals surface area contributed by atoms with Crippen molar-refractivity contribution in [3.8, 4) is 0 Å². The molecule has 1 saturated heterocycles. The van der Waals surface area contributed by atoms with E-state index in [1.54, 1.807) is 0 Å². The normalized spacial score (nSPS) is 22.6. The van der Waals surface area contributed by atoms with Crippen LogP contribution >= 0.6 is 11.6 Å². The lowest BCUT2D eigenvalue weighted by molar-refractivity contribution is -0.122. The zero-order valence-corrected chi connectivity index (χ0v) is 12.3. The highest BCUT2D eigenvalue weighted by Gasteiger charge is 2.48. The Kier molecular flexibility index (Phi) is 3.48. The van der Waals surface area contributed by atoms with Crippen LogP contribution in [0.25, 0.3) is 0 Å². The van der Waals surface area contributed by atoms with Gasteiger partial charge in [-0.3, -0.25) is 9.69 Å². The van der Waals surface area contributed by atoms with Crippen molar-refractivity contribution < 1.29 is 9.90 Å². The molecule has 3 rings (SSSR count). The molecule has 1 amide bonds. The van der Waals surface area contributed by atoms with Crippen LogP contribution in [0, 0.1) is 0 Å². The standard InChI is InChI=1S/C15H19ClN2O2/c1-10(9-19)18-6-4-15(5-7-18)12-8-11(16)2-3-13(12)17-14(15)20/h2-3,8,10,19H,4-7,9H2,1H3,(H,17,20)/t10-/m0/s1. The molecule has 5 heteroatoms. The van der Waals surface area contributed by atoms with Crippen molar-refractivity contribution in [2.24, 2.45) is 0 Å². The Labute approximate surface area is 123 Å². The molecule has 1 atom stereocenters. The van der Waals surface area contributed by atoms with Gasteiger partial charge in [0.25, 0.3) is 0 Å². The molecule has 0 unspecified atom stereocenters. The highest BCUT2D eigenvalue weighted by atomic mass is 35.5. The topological polar surface area (TPSA) is 52.6 Å². The van der Waals surface area contributed by atoms with E-state index in [4.69, 9.17) is 11.6 Å². The summed E-state index contributed by atoms with van der Waals surface area (Å²) < 4.78 is 0. The van der Waals surface area contributed by atoms with Gasteiger partial charge in [0.1, 0.15) is 0 Å². The quantitative estimate of drug-likeness (QED) is 0.877. The van der Waals surface area contributed by atoms with Crippen LogP contribution < -0.4 is 5.32 Å². The second-order valence-corrected chi connectivity index (χ2v) is 6.23. The Morgan fingerprint density at radius 3 is 2.80 bits per heavy atom. The highest BCUT2D eigenvalue weighted by Crippen LogP contribution is 2.45. The molecular weight excluding hydrogens is 276 g/mol. The summed E-state index contributed by atoms with van der Waals surface area (Å²) in [6.07, 6.45) is 1.55. The molecule has 0 radical (unpaired) electrons. The first-order valence-corrected chi connectivity index (χ1v) is 7.41. The molecule has 0 aromatic heterocycles. The molecule has 2 aliphatic rings. The second kappa shape index (κ2) is 5.02. The number of hydrogen-bond acceptors (Lipinski definition) is 3. The van der Waals surface area contributed by atoms with E-state index >= 15 is 0 Å². The van der Waals surface area contributed by atoms with Crippen LogP contribution in [0.3, 0.4) is 0 Å². The fourth-order valence-electron chi connectivity index (χ4n) is 3.34. The number of likely N-dealkylation sites (tertiary alicyclic amines) is 1. The Bertz CT molecular complexity index is 539. The van der Waals surface area contributed by atoms with Gasteiger partial charge < -0.3 is 10.4 Å². The summed E-state index contributed by atoms with van der Waals surface area (Å²) in [5.41, 5.74) is 1.49. The second-order valence-electron chi connectivity index (χ2n) is 5.79. The van der Waals surface area contributed by atoms with Crippen LogP contribution in [0.2, 0.25) is 5.02 Å². The van der Waals surface area contributed by atoms with Crippen molar-refractivity contribution in [2.45, 2.75) is 31.2 Å². The zero-order valence-electron chi connectivity index (χ0n) is 11.5. The van der Waals surface area contributed by atoms with Gasteiger partial charge in [0, 0.05) is 16.8 Å². The molecule has 2 N–H and O–H groups in total. The monoisotopic (exact) mass is 294 g/mol. The maximum atomic E-state index is 12.4. The third-order valence-corrected chi connectivity index (χ3v) is 4.95. The molecule has 1 spiro atoms. The molecule has 0 aliphatic carbocycles. The fraction of sp³-hybridized carbons (Fsp3) is 0.533. The molecule has 20 heavy (non-hydrogen) atoms. The Hall–Kier alpha value is -1.10. The third kappa shape index (κ3) is 2.03. The van der Waals surface area contributed by atoms with E-state index in [-0.39, 0.29) is 18.6 Å². The summed E-state index contributed by atoms with van der Waals surface area (Å²) >= 11 is 6.09. The van der Waals surface area contributed by atoms with Crippen molar-refractivity contribution in [3.63, 3.8) is 0 Å². The van der Waals surface area contributed by atoms with Crippen LogP contribution in [0.4, 0.5) is 5.69 Å². The van der Waals surface area contributed by atoms with Gasteiger partial charge in [-0.05, 0) is 56.6 Å². The summed E-state index contributed by atoms with van der Waals surface area (Å²) in [5.74, 6) is 0.0890. The number of nitrogens with one attached hydrogen (secondary N) is 1. The minimum atomic E-state index is -0.439. The van der Waals surface area contributed by atoms with Gasteiger partial charge in [-0.2, -0.15) is 0 Å². The number of aliphatic hydroxyl groups is 1. The molecule has 2 heterocycles. The number of halogens is 1. The lowest BCUT2D eigenvalue weighted by Crippen LogP contribution is -2.49. The van der Waals surface area contributed by atoms with Gasteiger partial charge in [0.05, 0.1) is 12.0 Å². The van der Waals surface area contributed by atoms with Crippen LogP contribution in [0.1, 0.15) is 25.3 Å². The number of rotatable bonds is 2. The van der Waals surface area contributed by atoms with Gasteiger partial charge in [0.15, 0.2) is 0 Å². The lowest BCUT2D eigenvalue weighted by atomic mass is 9.73. The van der Waals surface area contributed by atoms with Gasteiger partial charge >= 0.3 is 0 Å². The van der Waals surface area contributed by atoms with Gasteiger partial charge in [-0.15, -0.1) is 0 Å². The highest BCUT2D eigenvalue weighted by molar-refractivity contribution is 6.31. The molecule has 1 aromatic carbocycles. The van der Waals surface area contributed by atoms with E-state index in [0.717, 1.165) is 37.2 Å². The van der Waals surface area contributed by atoms with Crippen LogP contribution in [-0.2, 0) is 10.2 Å². The van der Waals surface area contributed by atoms with E-state index in [2.05, 4.69) is 10.2 Å². The first-order valence-electron chi connectivity index (χ1n) is 7.03. The van der Waals surface area contributed by atoms with E-state index in [1.807, 2.05) is 25.1 Å². The lowest BCUT2D eigenvalue weighted by Gasteiger charge is -2.40. The minimum absolute atomic E-state index is 0.0890. The molecule has 1 aromatic rings. The van der Waals surface area contributed by atoms with Crippen LogP contribution in [0.5, 0.6) is 0 Å². The fourth-order valence-corrected chi connectivity index (χ4v) is 3.52. The number of piperidine rings is 1. The number of nitrogens with zero attached hydrogens (tertiary/aromatic N) is 1. The summed E-state index contributed by atoms with van der Waals surface area (Å²) in [6, 6.07) is 5.76. The molecule has 2 aliphatic heterocycles. The van der Waals surface area contributed by atoms with E-state index in [0.29, 0.717) is 5.02 Å². The predicted octanol–water partition coefficient (Wildman–Crippen LogP) is 2.01. The smallest absolute Gasteiger partial charge is 0.235 e. The van der Waals surface area contributed by atoms with Gasteiger partial charge in [0.2, 0.25) is 5.91 Å². The maximum Gasteiger partial charge on any atom is 0.235 e. The Morgan fingerprint density at radius 1 is 1.45 bits per heavy atom. The number of anilines is 1.